The van der Waals surface area contributed by atoms with Crippen LogP contribution in [-0.2, 0) is 6.42 Å². The minimum absolute atomic E-state index is 0.735. The van der Waals surface area contributed by atoms with Crippen molar-refractivity contribution in [3.8, 4) is 0 Å². The van der Waals surface area contributed by atoms with Crippen LogP contribution in [-0.4, -0.2) is 37.2 Å². The summed E-state index contributed by atoms with van der Waals surface area (Å²) in [6, 6.07) is 2.03. The monoisotopic (exact) mass is 220 g/mol. The predicted octanol–water partition coefficient (Wildman–Crippen LogP) is 1.08. The van der Waals surface area contributed by atoms with Crippen LogP contribution in [0.5, 0.6) is 0 Å². The quantitative estimate of drug-likeness (QED) is 0.827. The van der Waals surface area contributed by atoms with E-state index >= 15 is 0 Å². The summed E-state index contributed by atoms with van der Waals surface area (Å²) >= 11 is 0. The third-order valence-electron chi connectivity index (χ3n) is 3.00. The van der Waals surface area contributed by atoms with Gasteiger partial charge >= 0.3 is 0 Å². The maximum absolute atomic E-state index is 4.55. The fourth-order valence-electron chi connectivity index (χ4n) is 2.11. The maximum Gasteiger partial charge on any atom is 0.224 e. The average Bonchev–Trinajstić information content (AvgIpc) is 2.30. The standard InChI is InChI=1S/C12H20N4/c1-16(2)12-14-7-5-11(15-12)8-10-4-3-6-13-9-10/h5,7,10,13H,3-4,6,8-9H2,1-2H3/t10-/m0/s1. The largest absolute Gasteiger partial charge is 0.347 e. The van der Waals surface area contributed by atoms with Gasteiger partial charge in [0.2, 0.25) is 5.95 Å². The van der Waals surface area contributed by atoms with Crippen LogP contribution in [0.15, 0.2) is 12.3 Å². The minimum atomic E-state index is 0.735. The molecule has 88 valence electrons. The predicted molar refractivity (Wildman–Crippen MR) is 65.7 cm³/mol. The van der Waals surface area contributed by atoms with Gasteiger partial charge in [0.05, 0.1) is 0 Å². The average molecular weight is 220 g/mol. The number of aromatic nitrogens is 2. The molecule has 0 radical (unpaired) electrons. The summed E-state index contributed by atoms with van der Waals surface area (Å²) in [5.74, 6) is 1.54. The molecule has 0 saturated carbocycles. The molecule has 1 aliphatic rings. The molecule has 4 nitrogen and oxygen atoms in total. The Bertz CT molecular complexity index is 332. The topological polar surface area (TPSA) is 41.1 Å². The highest BCUT2D eigenvalue weighted by Crippen LogP contribution is 2.15. The van der Waals surface area contributed by atoms with E-state index in [9.17, 15) is 0 Å². The lowest BCUT2D eigenvalue weighted by Crippen LogP contribution is -2.31. The van der Waals surface area contributed by atoms with Gasteiger partial charge in [0.25, 0.3) is 0 Å². The zero-order chi connectivity index (χ0) is 11.4. The van der Waals surface area contributed by atoms with Crippen molar-refractivity contribution in [3.63, 3.8) is 0 Å². The van der Waals surface area contributed by atoms with E-state index in [4.69, 9.17) is 0 Å². The summed E-state index contributed by atoms with van der Waals surface area (Å²) in [6.07, 6.45) is 5.52. The molecule has 0 amide bonds. The number of rotatable bonds is 3. The number of nitrogens with zero attached hydrogens (tertiary/aromatic N) is 3. The Morgan fingerprint density at radius 1 is 1.50 bits per heavy atom. The van der Waals surface area contributed by atoms with E-state index in [1.54, 1.807) is 0 Å². The van der Waals surface area contributed by atoms with E-state index in [2.05, 4.69) is 15.3 Å². The van der Waals surface area contributed by atoms with Crippen LogP contribution in [0.2, 0.25) is 0 Å². The van der Waals surface area contributed by atoms with Crippen LogP contribution < -0.4 is 10.2 Å². The molecule has 1 saturated heterocycles. The summed E-state index contributed by atoms with van der Waals surface area (Å²) < 4.78 is 0. The zero-order valence-corrected chi connectivity index (χ0v) is 10.1. The van der Waals surface area contributed by atoms with Gasteiger partial charge in [-0.2, -0.15) is 0 Å². The first-order chi connectivity index (χ1) is 7.75. The normalized spacial score (nSPS) is 20.8. The summed E-state index contributed by atoms with van der Waals surface area (Å²) in [7, 11) is 3.95. The molecule has 2 heterocycles. The number of anilines is 1. The Morgan fingerprint density at radius 2 is 2.38 bits per heavy atom. The first-order valence-corrected chi connectivity index (χ1v) is 5.95. The first-order valence-electron chi connectivity index (χ1n) is 5.95. The van der Waals surface area contributed by atoms with Gasteiger partial charge in [-0.3, -0.25) is 0 Å². The third-order valence-corrected chi connectivity index (χ3v) is 3.00. The Balaban J connectivity index is 2.00. The molecule has 0 aromatic carbocycles. The van der Waals surface area contributed by atoms with Crippen molar-refractivity contribution in [1.82, 2.24) is 15.3 Å². The van der Waals surface area contributed by atoms with Gasteiger partial charge in [-0.25, -0.2) is 9.97 Å². The molecule has 0 unspecified atom stereocenters. The lowest BCUT2D eigenvalue weighted by Gasteiger charge is -2.22. The molecule has 1 aromatic heterocycles. The van der Waals surface area contributed by atoms with Crippen LogP contribution >= 0.6 is 0 Å². The second-order valence-electron chi connectivity index (χ2n) is 4.66. The fraction of sp³-hybridized carbons (Fsp3) is 0.667. The summed E-state index contributed by atoms with van der Waals surface area (Å²) in [6.45, 7) is 2.30. The first kappa shape index (κ1) is 11.3. The smallest absolute Gasteiger partial charge is 0.224 e. The Morgan fingerprint density at radius 3 is 3.06 bits per heavy atom. The van der Waals surface area contributed by atoms with E-state index < -0.39 is 0 Å². The van der Waals surface area contributed by atoms with Crippen LogP contribution in [0.3, 0.4) is 0 Å². The van der Waals surface area contributed by atoms with Crippen molar-refractivity contribution < 1.29 is 0 Å². The molecular weight excluding hydrogens is 200 g/mol. The van der Waals surface area contributed by atoms with E-state index in [1.807, 2.05) is 31.3 Å². The number of hydrogen-bond acceptors (Lipinski definition) is 4. The molecule has 4 heteroatoms. The number of nitrogens with one attached hydrogen (secondary N) is 1. The molecule has 16 heavy (non-hydrogen) atoms. The van der Waals surface area contributed by atoms with Gasteiger partial charge < -0.3 is 10.2 Å². The molecule has 0 bridgehead atoms. The third kappa shape index (κ3) is 2.92. The molecule has 1 fully saturated rings. The Kier molecular flexibility index (Phi) is 3.72. The van der Waals surface area contributed by atoms with Gasteiger partial charge in [-0.1, -0.05) is 0 Å². The van der Waals surface area contributed by atoms with Crippen LogP contribution in [0.25, 0.3) is 0 Å². The van der Waals surface area contributed by atoms with Crippen LogP contribution in [0, 0.1) is 5.92 Å². The molecule has 1 atom stereocenters. The summed E-state index contributed by atoms with van der Waals surface area (Å²) in [5, 5.41) is 3.44. The summed E-state index contributed by atoms with van der Waals surface area (Å²) in [4.78, 5) is 10.7. The lowest BCUT2D eigenvalue weighted by molar-refractivity contribution is 0.373. The summed E-state index contributed by atoms with van der Waals surface area (Å²) in [5.41, 5.74) is 1.16. The van der Waals surface area contributed by atoms with Crippen molar-refractivity contribution in [1.29, 1.82) is 0 Å². The molecule has 2 rings (SSSR count). The molecule has 0 aliphatic carbocycles. The van der Waals surface area contributed by atoms with Gasteiger partial charge in [-0.05, 0) is 44.3 Å². The lowest BCUT2D eigenvalue weighted by atomic mass is 9.95. The zero-order valence-electron chi connectivity index (χ0n) is 10.1. The highest BCUT2D eigenvalue weighted by atomic mass is 15.2. The molecule has 0 spiro atoms. The second-order valence-corrected chi connectivity index (χ2v) is 4.66. The SMILES string of the molecule is CN(C)c1nccc(C[C@@H]2CCCNC2)n1. The van der Waals surface area contributed by atoms with E-state index in [1.165, 1.54) is 19.4 Å². The maximum atomic E-state index is 4.55. The van der Waals surface area contributed by atoms with Crippen molar-refractivity contribution in [2.45, 2.75) is 19.3 Å². The second kappa shape index (κ2) is 5.25. The van der Waals surface area contributed by atoms with Crippen LogP contribution in [0.1, 0.15) is 18.5 Å². The van der Waals surface area contributed by atoms with Gasteiger partial charge in [0.15, 0.2) is 0 Å². The Labute approximate surface area is 97.1 Å². The van der Waals surface area contributed by atoms with Gasteiger partial charge in [0, 0.05) is 26.0 Å². The van der Waals surface area contributed by atoms with Crippen molar-refractivity contribution in [3.05, 3.63) is 18.0 Å². The minimum Gasteiger partial charge on any atom is -0.347 e. The van der Waals surface area contributed by atoms with Gasteiger partial charge in [0.1, 0.15) is 0 Å². The van der Waals surface area contributed by atoms with Gasteiger partial charge in [-0.15, -0.1) is 0 Å². The molecular formula is C12H20N4. The highest BCUT2D eigenvalue weighted by Gasteiger charge is 2.14. The van der Waals surface area contributed by atoms with E-state index in [-0.39, 0.29) is 0 Å². The van der Waals surface area contributed by atoms with E-state index in [0.29, 0.717) is 0 Å². The number of hydrogen-bond donors (Lipinski definition) is 1. The Hall–Kier alpha value is -1.16. The van der Waals surface area contributed by atoms with Crippen molar-refractivity contribution in [2.24, 2.45) is 5.92 Å². The fourth-order valence-corrected chi connectivity index (χ4v) is 2.11. The molecule has 1 aliphatic heterocycles. The van der Waals surface area contributed by atoms with Crippen LogP contribution in [0.4, 0.5) is 5.95 Å². The van der Waals surface area contributed by atoms with E-state index in [0.717, 1.165) is 30.5 Å². The number of piperidine rings is 1. The van der Waals surface area contributed by atoms with Crippen molar-refractivity contribution in [2.75, 3.05) is 32.1 Å². The van der Waals surface area contributed by atoms with Crippen molar-refractivity contribution >= 4 is 5.95 Å². The molecule has 1 N–H and O–H groups in total. The highest BCUT2D eigenvalue weighted by molar-refractivity contribution is 5.27. The molecule has 1 aromatic rings.